The average molecular weight is 242 g/mol. The van der Waals surface area contributed by atoms with Crippen LogP contribution < -0.4 is 5.32 Å². The summed E-state index contributed by atoms with van der Waals surface area (Å²) in [4.78, 5) is 16.3. The van der Waals surface area contributed by atoms with Crippen LogP contribution in [0.25, 0.3) is 5.65 Å². The van der Waals surface area contributed by atoms with E-state index in [1.807, 2.05) is 6.07 Å². The number of nitrogens with one attached hydrogen (secondary N) is 1. The van der Waals surface area contributed by atoms with Gasteiger partial charge in [0.25, 0.3) is 0 Å². The molecule has 2 aromatic heterocycles. The number of anilines is 1. The van der Waals surface area contributed by atoms with Crippen molar-refractivity contribution in [1.29, 1.82) is 0 Å². The van der Waals surface area contributed by atoms with Gasteiger partial charge in [0.2, 0.25) is 5.91 Å². The zero-order valence-corrected chi connectivity index (χ0v) is 9.91. The highest BCUT2D eigenvalue weighted by Crippen LogP contribution is 2.20. The fraction of sp³-hybridized carbons (Fsp3) is 0.308. The molecule has 0 fully saturated rings. The Morgan fingerprint density at radius 1 is 1.44 bits per heavy atom. The third kappa shape index (κ3) is 2.11. The maximum Gasteiger partial charge on any atom is 0.227 e. The van der Waals surface area contributed by atoms with E-state index in [1.165, 1.54) is 0 Å². The summed E-state index contributed by atoms with van der Waals surface area (Å²) in [6.45, 7) is 0. The minimum absolute atomic E-state index is 0.0626. The lowest BCUT2D eigenvalue weighted by molar-refractivity contribution is -0.120. The van der Waals surface area contributed by atoms with Crippen LogP contribution >= 0.6 is 0 Å². The molecular formula is C13H14N4O. The van der Waals surface area contributed by atoms with Crippen molar-refractivity contribution in [3.8, 4) is 0 Å². The van der Waals surface area contributed by atoms with E-state index < -0.39 is 0 Å². The Bertz CT molecular complexity index is 602. The second-order valence-corrected chi connectivity index (χ2v) is 4.45. The van der Waals surface area contributed by atoms with Crippen molar-refractivity contribution in [2.75, 3.05) is 5.32 Å². The Morgan fingerprint density at radius 2 is 2.39 bits per heavy atom. The third-order valence-electron chi connectivity index (χ3n) is 3.15. The van der Waals surface area contributed by atoms with Gasteiger partial charge in [0.15, 0.2) is 5.65 Å². The Labute approximate surface area is 105 Å². The van der Waals surface area contributed by atoms with Gasteiger partial charge in [0.05, 0.1) is 24.3 Å². The molecule has 1 aliphatic carbocycles. The molecule has 1 atom stereocenters. The molecule has 0 aliphatic heterocycles. The van der Waals surface area contributed by atoms with Crippen LogP contribution in [-0.2, 0) is 4.79 Å². The van der Waals surface area contributed by atoms with Crippen molar-refractivity contribution in [2.45, 2.75) is 19.3 Å². The summed E-state index contributed by atoms with van der Waals surface area (Å²) in [5, 5.41) is 6.99. The van der Waals surface area contributed by atoms with Gasteiger partial charge in [-0.05, 0) is 19.3 Å². The topological polar surface area (TPSA) is 59.3 Å². The van der Waals surface area contributed by atoms with Gasteiger partial charge >= 0.3 is 0 Å². The van der Waals surface area contributed by atoms with Crippen LogP contribution in [0.2, 0.25) is 0 Å². The van der Waals surface area contributed by atoms with Crippen LogP contribution in [0.5, 0.6) is 0 Å². The van der Waals surface area contributed by atoms with Crippen LogP contribution in [-0.4, -0.2) is 20.5 Å². The zero-order chi connectivity index (χ0) is 12.4. The van der Waals surface area contributed by atoms with Gasteiger partial charge in [0.1, 0.15) is 0 Å². The molecule has 92 valence electrons. The largest absolute Gasteiger partial charge is 0.323 e. The summed E-state index contributed by atoms with van der Waals surface area (Å²) in [5.41, 5.74) is 1.46. The number of fused-ring (bicyclic) bond motifs is 1. The molecule has 2 aromatic rings. The predicted octanol–water partition coefficient (Wildman–Crippen LogP) is 2.02. The molecule has 3 rings (SSSR count). The van der Waals surface area contributed by atoms with Gasteiger partial charge in [0, 0.05) is 12.0 Å². The average Bonchev–Trinajstić information content (AvgIpc) is 2.87. The fourth-order valence-electron chi connectivity index (χ4n) is 2.15. The number of carbonyl (C=O) groups is 1. The Morgan fingerprint density at radius 3 is 3.22 bits per heavy atom. The second kappa shape index (κ2) is 4.60. The first-order valence-electron chi connectivity index (χ1n) is 6.08. The van der Waals surface area contributed by atoms with Crippen molar-refractivity contribution < 1.29 is 4.79 Å². The maximum atomic E-state index is 12.0. The molecule has 0 saturated carbocycles. The fourth-order valence-corrected chi connectivity index (χ4v) is 2.15. The summed E-state index contributed by atoms with van der Waals surface area (Å²) in [6.07, 6.45) is 12.0. The number of aromatic nitrogens is 3. The van der Waals surface area contributed by atoms with Gasteiger partial charge in [-0.1, -0.05) is 12.2 Å². The second-order valence-electron chi connectivity index (χ2n) is 4.45. The number of carbonyl (C=O) groups excluding carboxylic acids is 1. The third-order valence-corrected chi connectivity index (χ3v) is 3.15. The van der Waals surface area contributed by atoms with Gasteiger partial charge < -0.3 is 5.32 Å². The molecule has 0 saturated heterocycles. The smallest absolute Gasteiger partial charge is 0.227 e. The highest BCUT2D eigenvalue weighted by molar-refractivity contribution is 5.92. The molecule has 18 heavy (non-hydrogen) atoms. The van der Waals surface area contributed by atoms with E-state index >= 15 is 0 Å². The molecule has 2 heterocycles. The standard InChI is InChI=1S/C13H14N4O/c18-13(10-4-2-1-3-5-10)16-11-8-14-12-6-7-15-17(12)9-11/h1-2,6-10H,3-5H2,(H,16,18). The van der Waals surface area contributed by atoms with E-state index in [0.717, 1.165) is 24.9 Å². The summed E-state index contributed by atoms with van der Waals surface area (Å²) in [7, 11) is 0. The number of rotatable bonds is 2. The number of amides is 1. The lowest BCUT2D eigenvalue weighted by Gasteiger charge is -2.17. The first-order valence-corrected chi connectivity index (χ1v) is 6.08. The molecule has 1 aliphatic rings. The minimum atomic E-state index is 0.0626. The SMILES string of the molecule is O=C(Nc1cnc2ccnn2c1)C1CC=CCC1. The molecule has 0 radical (unpaired) electrons. The normalized spacial score (nSPS) is 19.0. The van der Waals surface area contributed by atoms with E-state index in [1.54, 1.807) is 23.1 Å². The lowest BCUT2D eigenvalue weighted by Crippen LogP contribution is -2.23. The summed E-state index contributed by atoms with van der Waals surface area (Å²) < 4.78 is 1.65. The first kappa shape index (κ1) is 11.0. The van der Waals surface area contributed by atoms with E-state index in [4.69, 9.17) is 0 Å². The molecule has 1 unspecified atom stereocenters. The van der Waals surface area contributed by atoms with Crippen LogP contribution in [0, 0.1) is 5.92 Å². The zero-order valence-electron chi connectivity index (χ0n) is 9.91. The lowest BCUT2D eigenvalue weighted by atomic mass is 9.94. The molecule has 1 amide bonds. The Hall–Kier alpha value is -2.17. The van der Waals surface area contributed by atoms with Gasteiger partial charge in [-0.3, -0.25) is 4.79 Å². The van der Waals surface area contributed by atoms with E-state index in [0.29, 0.717) is 5.69 Å². The van der Waals surface area contributed by atoms with Crippen LogP contribution in [0.3, 0.4) is 0 Å². The monoisotopic (exact) mass is 242 g/mol. The van der Waals surface area contributed by atoms with Crippen molar-refractivity contribution in [3.05, 3.63) is 36.8 Å². The summed E-state index contributed by atoms with van der Waals surface area (Å²) in [6, 6.07) is 1.82. The Kier molecular flexibility index (Phi) is 2.80. The molecule has 0 bridgehead atoms. The number of hydrogen-bond donors (Lipinski definition) is 1. The molecular weight excluding hydrogens is 228 g/mol. The van der Waals surface area contributed by atoms with E-state index in [2.05, 4.69) is 27.6 Å². The molecule has 5 heteroatoms. The van der Waals surface area contributed by atoms with Gasteiger partial charge in [-0.15, -0.1) is 0 Å². The van der Waals surface area contributed by atoms with Crippen molar-refractivity contribution in [1.82, 2.24) is 14.6 Å². The molecule has 1 N–H and O–H groups in total. The van der Waals surface area contributed by atoms with Crippen LogP contribution in [0.15, 0.2) is 36.8 Å². The van der Waals surface area contributed by atoms with Crippen molar-refractivity contribution >= 4 is 17.2 Å². The molecule has 0 aromatic carbocycles. The molecule has 0 spiro atoms. The minimum Gasteiger partial charge on any atom is -0.323 e. The van der Waals surface area contributed by atoms with E-state index in [9.17, 15) is 4.79 Å². The van der Waals surface area contributed by atoms with Crippen LogP contribution in [0.4, 0.5) is 5.69 Å². The molecule has 5 nitrogen and oxygen atoms in total. The van der Waals surface area contributed by atoms with E-state index in [-0.39, 0.29) is 11.8 Å². The summed E-state index contributed by atoms with van der Waals surface area (Å²) >= 11 is 0. The Balaban J connectivity index is 1.74. The predicted molar refractivity (Wildman–Crippen MR) is 68.1 cm³/mol. The number of allylic oxidation sites excluding steroid dienone is 2. The van der Waals surface area contributed by atoms with Gasteiger partial charge in [-0.2, -0.15) is 5.10 Å². The first-order chi connectivity index (χ1) is 8.83. The highest BCUT2D eigenvalue weighted by Gasteiger charge is 2.18. The highest BCUT2D eigenvalue weighted by atomic mass is 16.1. The van der Waals surface area contributed by atoms with Gasteiger partial charge in [-0.25, -0.2) is 9.50 Å². The quantitative estimate of drug-likeness (QED) is 0.820. The number of hydrogen-bond acceptors (Lipinski definition) is 3. The van der Waals surface area contributed by atoms with Crippen molar-refractivity contribution in [3.63, 3.8) is 0 Å². The van der Waals surface area contributed by atoms with Crippen LogP contribution in [0.1, 0.15) is 19.3 Å². The number of nitrogens with zero attached hydrogens (tertiary/aromatic N) is 3. The van der Waals surface area contributed by atoms with Crippen molar-refractivity contribution in [2.24, 2.45) is 5.92 Å². The summed E-state index contributed by atoms with van der Waals surface area (Å²) in [5.74, 6) is 0.135. The maximum absolute atomic E-state index is 12.0.